The molecule has 5 heteroatoms. The lowest BCUT2D eigenvalue weighted by molar-refractivity contribution is -0.132. The standard InChI is InChI=1S/C11H8Cl2O3/c1-6(11(15)16)5-9(14)10-7(12)3-2-4-8(10)13/h2-5H,1H3,(H,15,16)/b6-5+. The molecule has 1 aromatic rings. The predicted molar refractivity (Wildman–Crippen MR) is 62.2 cm³/mol. The predicted octanol–water partition coefficient (Wildman–Crippen LogP) is 3.21. The van der Waals surface area contributed by atoms with Crippen LogP contribution in [0.5, 0.6) is 0 Å². The zero-order chi connectivity index (χ0) is 12.3. The molecular formula is C11H8Cl2O3. The van der Waals surface area contributed by atoms with E-state index in [2.05, 4.69) is 0 Å². The number of ketones is 1. The van der Waals surface area contributed by atoms with Crippen LogP contribution in [0.1, 0.15) is 17.3 Å². The maximum atomic E-state index is 11.7. The summed E-state index contributed by atoms with van der Waals surface area (Å²) in [7, 11) is 0. The number of carboxylic acids is 1. The maximum Gasteiger partial charge on any atom is 0.331 e. The third-order valence-electron chi connectivity index (χ3n) is 1.89. The van der Waals surface area contributed by atoms with E-state index in [1.165, 1.54) is 19.1 Å². The minimum absolute atomic E-state index is 0.0685. The molecule has 0 unspecified atom stereocenters. The van der Waals surface area contributed by atoms with E-state index < -0.39 is 11.8 Å². The van der Waals surface area contributed by atoms with Gasteiger partial charge in [0.15, 0.2) is 5.78 Å². The van der Waals surface area contributed by atoms with Gasteiger partial charge in [-0.2, -0.15) is 0 Å². The first-order valence-electron chi connectivity index (χ1n) is 4.33. The molecule has 0 aliphatic heterocycles. The second-order valence-corrected chi connectivity index (χ2v) is 3.91. The van der Waals surface area contributed by atoms with E-state index in [4.69, 9.17) is 28.3 Å². The lowest BCUT2D eigenvalue weighted by Gasteiger charge is -2.02. The lowest BCUT2D eigenvalue weighted by Crippen LogP contribution is -2.03. The molecule has 0 aliphatic carbocycles. The number of carbonyl (C=O) groups is 2. The van der Waals surface area contributed by atoms with Gasteiger partial charge in [0.2, 0.25) is 0 Å². The number of benzene rings is 1. The Morgan fingerprint density at radius 3 is 2.19 bits per heavy atom. The Morgan fingerprint density at radius 2 is 1.75 bits per heavy atom. The van der Waals surface area contributed by atoms with Crippen LogP contribution in [0.3, 0.4) is 0 Å². The highest BCUT2D eigenvalue weighted by Gasteiger charge is 2.13. The van der Waals surface area contributed by atoms with Crippen molar-refractivity contribution >= 4 is 35.0 Å². The van der Waals surface area contributed by atoms with Crippen molar-refractivity contribution in [2.24, 2.45) is 0 Å². The third-order valence-corrected chi connectivity index (χ3v) is 2.52. The molecule has 0 fully saturated rings. The smallest absolute Gasteiger partial charge is 0.331 e. The van der Waals surface area contributed by atoms with Crippen molar-refractivity contribution in [2.45, 2.75) is 6.92 Å². The molecule has 0 heterocycles. The Bertz CT molecular complexity index is 458. The first kappa shape index (κ1) is 12.7. The van der Waals surface area contributed by atoms with E-state index in [0.717, 1.165) is 6.08 Å². The zero-order valence-corrected chi connectivity index (χ0v) is 9.84. The molecule has 0 bridgehead atoms. The Labute approximate surface area is 102 Å². The van der Waals surface area contributed by atoms with Crippen molar-refractivity contribution in [1.82, 2.24) is 0 Å². The van der Waals surface area contributed by atoms with Crippen LogP contribution in [0.2, 0.25) is 10.0 Å². The summed E-state index contributed by atoms with van der Waals surface area (Å²) in [6.45, 7) is 1.32. The zero-order valence-electron chi connectivity index (χ0n) is 8.33. The van der Waals surface area contributed by atoms with E-state index in [-0.39, 0.29) is 21.2 Å². The molecular weight excluding hydrogens is 251 g/mol. The molecule has 0 aliphatic rings. The molecule has 84 valence electrons. The number of rotatable bonds is 3. The van der Waals surface area contributed by atoms with Gasteiger partial charge in [-0.15, -0.1) is 0 Å². The minimum Gasteiger partial charge on any atom is -0.478 e. The lowest BCUT2D eigenvalue weighted by atomic mass is 10.1. The van der Waals surface area contributed by atoms with Crippen molar-refractivity contribution in [3.8, 4) is 0 Å². The van der Waals surface area contributed by atoms with Gasteiger partial charge in [0, 0.05) is 5.57 Å². The van der Waals surface area contributed by atoms with Crippen LogP contribution in [0, 0.1) is 0 Å². The van der Waals surface area contributed by atoms with E-state index >= 15 is 0 Å². The highest BCUT2D eigenvalue weighted by Crippen LogP contribution is 2.25. The Morgan fingerprint density at radius 1 is 1.25 bits per heavy atom. The summed E-state index contributed by atoms with van der Waals surface area (Å²) in [6.07, 6.45) is 0.995. The number of allylic oxidation sites excluding steroid dienone is 1. The summed E-state index contributed by atoms with van der Waals surface area (Å²) >= 11 is 11.6. The topological polar surface area (TPSA) is 54.4 Å². The van der Waals surface area contributed by atoms with E-state index in [9.17, 15) is 9.59 Å². The second-order valence-electron chi connectivity index (χ2n) is 3.09. The number of hydrogen-bond donors (Lipinski definition) is 1. The van der Waals surface area contributed by atoms with Gasteiger partial charge in [0.1, 0.15) is 0 Å². The van der Waals surface area contributed by atoms with Crippen LogP contribution in [-0.4, -0.2) is 16.9 Å². The summed E-state index contributed by atoms with van der Waals surface area (Å²) in [5.74, 6) is -1.67. The van der Waals surface area contributed by atoms with Gasteiger partial charge in [-0.3, -0.25) is 4.79 Å². The SMILES string of the molecule is C/C(=C\C(=O)c1c(Cl)cccc1Cl)C(=O)O. The van der Waals surface area contributed by atoms with Crippen LogP contribution in [-0.2, 0) is 4.79 Å². The molecule has 1 aromatic carbocycles. The first-order chi connectivity index (χ1) is 7.43. The molecule has 1 N–H and O–H groups in total. The van der Waals surface area contributed by atoms with E-state index in [1.54, 1.807) is 6.07 Å². The monoisotopic (exact) mass is 258 g/mol. The summed E-state index contributed by atoms with van der Waals surface area (Å²) in [5, 5.41) is 9.03. The number of hydrogen-bond acceptors (Lipinski definition) is 2. The molecule has 16 heavy (non-hydrogen) atoms. The fraction of sp³-hybridized carbons (Fsp3) is 0.0909. The number of aliphatic carboxylic acids is 1. The molecule has 0 amide bonds. The summed E-state index contributed by atoms with van der Waals surface area (Å²) in [6, 6.07) is 4.64. The third kappa shape index (κ3) is 2.84. The van der Waals surface area contributed by atoms with Crippen molar-refractivity contribution in [3.63, 3.8) is 0 Å². The number of halogens is 2. The number of carbonyl (C=O) groups excluding carboxylic acids is 1. The van der Waals surface area contributed by atoms with Crippen LogP contribution in [0.25, 0.3) is 0 Å². The second kappa shape index (κ2) is 5.14. The fourth-order valence-electron chi connectivity index (χ4n) is 1.06. The van der Waals surface area contributed by atoms with Gasteiger partial charge >= 0.3 is 5.97 Å². The molecule has 0 radical (unpaired) electrons. The molecule has 0 aromatic heterocycles. The molecule has 1 rings (SSSR count). The van der Waals surface area contributed by atoms with Gasteiger partial charge in [-0.25, -0.2) is 4.79 Å². The molecule has 0 saturated heterocycles. The fourth-order valence-corrected chi connectivity index (χ4v) is 1.65. The largest absolute Gasteiger partial charge is 0.478 e. The van der Waals surface area contributed by atoms with E-state index in [0.29, 0.717) is 0 Å². The molecule has 3 nitrogen and oxygen atoms in total. The van der Waals surface area contributed by atoms with Gasteiger partial charge in [-0.1, -0.05) is 29.3 Å². The molecule has 0 spiro atoms. The normalized spacial score (nSPS) is 11.3. The van der Waals surface area contributed by atoms with Gasteiger partial charge < -0.3 is 5.11 Å². The van der Waals surface area contributed by atoms with Gasteiger partial charge in [0.25, 0.3) is 0 Å². The van der Waals surface area contributed by atoms with Gasteiger partial charge in [0.05, 0.1) is 15.6 Å². The highest BCUT2D eigenvalue weighted by atomic mass is 35.5. The van der Waals surface area contributed by atoms with Gasteiger partial charge in [-0.05, 0) is 25.1 Å². The van der Waals surface area contributed by atoms with Crippen LogP contribution < -0.4 is 0 Å². The maximum absolute atomic E-state index is 11.7. The average Bonchev–Trinajstić information content (AvgIpc) is 2.16. The Kier molecular flexibility index (Phi) is 4.10. The number of carboxylic acid groups (broad SMARTS) is 1. The van der Waals surface area contributed by atoms with Crippen LogP contribution in [0.4, 0.5) is 0 Å². The summed E-state index contributed by atoms with van der Waals surface area (Å²) in [5.41, 5.74) is 0.0485. The van der Waals surface area contributed by atoms with Crippen molar-refractivity contribution in [3.05, 3.63) is 45.5 Å². The molecule has 0 atom stereocenters. The van der Waals surface area contributed by atoms with Crippen molar-refractivity contribution < 1.29 is 14.7 Å². The Hall–Kier alpha value is -1.32. The van der Waals surface area contributed by atoms with E-state index in [1.807, 2.05) is 0 Å². The molecule has 0 saturated carbocycles. The minimum atomic E-state index is -1.16. The average molecular weight is 259 g/mol. The van der Waals surface area contributed by atoms with Crippen molar-refractivity contribution in [2.75, 3.05) is 0 Å². The highest BCUT2D eigenvalue weighted by molar-refractivity contribution is 6.40. The van der Waals surface area contributed by atoms with Crippen LogP contribution >= 0.6 is 23.2 Å². The summed E-state index contributed by atoms with van der Waals surface area (Å²) < 4.78 is 0. The Balaban J connectivity index is 3.16. The quantitative estimate of drug-likeness (QED) is 0.669. The van der Waals surface area contributed by atoms with Crippen molar-refractivity contribution in [1.29, 1.82) is 0 Å². The first-order valence-corrected chi connectivity index (χ1v) is 5.09. The van der Waals surface area contributed by atoms with Crippen LogP contribution in [0.15, 0.2) is 29.8 Å². The summed E-state index contributed by atoms with van der Waals surface area (Å²) in [4.78, 5) is 22.2.